The van der Waals surface area contributed by atoms with E-state index in [0.717, 1.165) is 18.7 Å². The Hall–Kier alpha value is 0.250. The van der Waals surface area contributed by atoms with Crippen LogP contribution in [0.2, 0.25) is 0 Å². The zero-order valence-electron chi connectivity index (χ0n) is 7.56. The number of ether oxygens (including phenoxy) is 1. The van der Waals surface area contributed by atoms with Gasteiger partial charge in [0.25, 0.3) is 0 Å². The number of halogens is 1. The maximum Gasteiger partial charge on any atom is 0.0619 e. The molecule has 0 aromatic carbocycles. The Morgan fingerprint density at radius 1 is 1.55 bits per heavy atom. The lowest BCUT2D eigenvalue weighted by molar-refractivity contribution is 0.0360. The molecule has 3 unspecified atom stereocenters. The second-order valence-electron chi connectivity index (χ2n) is 3.64. The Bertz CT molecular complexity index is 132. The minimum atomic E-state index is 0.251. The molecule has 1 aliphatic rings. The highest BCUT2D eigenvalue weighted by atomic mass is 35.5. The van der Waals surface area contributed by atoms with Crippen LogP contribution < -0.4 is 0 Å². The molecule has 1 saturated heterocycles. The molecule has 0 N–H and O–H groups in total. The number of rotatable bonds is 2. The Morgan fingerprint density at radius 2 is 2.18 bits per heavy atom. The predicted molar refractivity (Wildman–Crippen MR) is 48.1 cm³/mol. The molecule has 0 amide bonds. The third-order valence-electron chi connectivity index (χ3n) is 2.96. The minimum absolute atomic E-state index is 0.251. The zero-order valence-corrected chi connectivity index (χ0v) is 8.32. The van der Waals surface area contributed by atoms with Gasteiger partial charge in [-0.1, -0.05) is 6.92 Å². The van der Waals surface area contributed by atoms with Gasteiger partial charge in [-0.25, -0.2) is 0 Å². The number of hydrogen-bond donors (Lipinski definition) is 0. The summed E-state index contributed by atoms with van der Waals surface area (Å²) in [4.78, 5) is 0. The van der Waals surface area contributed by atoms with Crippen molar-refractivity contribution >= 4 is 11.6 Å². The maximum absolute atomic E-state index is 5.94. The fraction of sp³-hybridized carbons (Fsp3) is 1.00. The molecule has 66 valence electrons. The molecule has 1 rings (SSSR count). The van der Waals surface area contributed by atoms with Crippen LogP contribution >= 0.6 is 11.6 Å². The van der Waals surface area contributed by atoms with Crippen LogP contribution in [0.3, 0.4) is 0 Å². The molecule has 0 spiro atoms. The summed E-state index contributed by atoms with van der Waals surface area (Å²) in [6, 6.07) is 0. The van der Waals surface area contributed by atoms with Gasteiger partial charge in [-0.3, -0.25) is 0 Å². The van der Waals surface area contributed by atoms with Crippen molar-refractivity contribution in [2.45, 2.75) is 45.8 Å². The van der Waals surface area contributed by atoms with Gasteiger partial charge in [0.05, 0.1) is 12.2 Å². The van der Waals surface area contributed by atoms with Crippen molar-refractivity contribution in [2.24, 2.45) is 5.41 Å². The van der Waals surface area contributed by atoms with Crippen molar-refractivity contribution in [3.8, 4) is 0 Å². The van der Waals surface area contributed by atoms with Crippen LogP contribution in [0.15, 0.2) is 0 Å². The molecule has 1 heterocycles. The maximum atomic E-state index is 5.94. The molecule has 2 heteroatoms. The van der Waals surface area contributed by atoms with Crippen LogP contribution in [0, 0.1) is 5.41 Å². The van der Waals surface area contributed by atoms with Gasteiger partial charge in [-0.05, 0) is 26.7 Å². The zero-order chi connectivity index (χ0) is 8.48. The Morgan fingerprint density at radius 3 is 2.36 bits per heavy atom. The van der Waals surface area contributed by atoms with E-state index >= 15 is 0 Å². The van der Waals surface area contributed by atoms with Gasteiger partial charge in [0.1, 0.15) is 0 Å². The van der Waals surface area contributed by atoms with Crippen molar-refractivity contribution in [2.75, 3.05) is 5.88 Å². The monoisotopic (exact) mass is 176 g/mol. The Labute approximate surface area is 74.1 Å². The fourth-order valence-electron chi connectivity index (χ4n) is 1.97. The second kappa shape index (κ2) is 3.32. The normalized spacial score (nSPS) is 44.7. The highest BCUT2D eigenvalue weighted by Crippen LogP contribution is 2.42. The van der Waals surface area contributed by atoms with Crippen LogP contribution in [0.1, 0.15) is 33.6 Å². The van der Waals surface area contributed by atoms with Crippen molar-refractivity contribution in [1.82, 2.24) is 0 Å². The summed E-state index contributed by atoms with van der Waals surface area (Å²) in [5.41, 5.74) is 0.251. The van der Waals surface area contributed by atoms with E-state index in [1.807, 2.05) is 0 Å². The van der Waals surface area contributed by atoms with E-state index in [-0.39, 0.29) is 5.41 Å². The molecule has 0 aromatic rings. The van der Waals surface area contributed by atoms with Gasteiger partial charge in [-0.15, -0.1) is 11.6 Å². The summed E-state index contributed by atoms with van der Waals surface area (Å²) in [7, 11) is 0. The lowest BCUT2D eigenvalue weighted by atomic mass is 9.80. The van der Waals surface area contributed by atoms with Crippen LogP contribution in [-0.2, 0) is 4.74 Å². The fourth-order valence-corrected chi connectivity index (χ4v) is 2.48. The van der Waals surface area contributed by atoms with E-state index in [4.69, 9.17) is 16.3 Å². The first-order valence-corrected chi connectivity index (χ1v) is 4.89. The Balaban J connectivity index is 2.67. The van der Waals surface area contributed by atoms with Crippen LogP contribution in [0.4, 0.5) is 0 Å². The van der Waals surface area contributed by atoms with Crippen molar-refractivity contribution < 1.29 is 4.74 Å². The van der Waals surface area contributed by atoms with E-state index < -0.39 is 0 Å². The first kappa shape index (κ1) is 9.34. The second-order valence-corrected chi connectivity index (χ2v) is 3.91. The lowest BCUT2D eigenvalue weighted by Gasteiger charge is -2.27. The SMILES string of the molecule is CCC1(CCl)CC(C)OC1C. The molecule has 0 bridgehead atoms. The third-order valence-corrected chi connectivity index (χ3v) is 3.50. The van der Waals surface area contributed by atoms with Crippen LogP contribution in [-0.4, -0.2) is 18.1 Å². The summed E-state index contributed by atoms with van der Waals surface area (Å²) >= 11 is 5.94. The van der Waals surface area contributed by atoms with Crippen molar-refractivity contribution in [1.29, 1.82) is 0 Å². The average Bonchev–Trinajstić information content (AvgIpc) is 2.27. The largest absolute Gasteiger partial charge is 0.375 e. The van der Waals surface area contributed by atoms with Gasteiger partial charge in [-0.2, -0.15) is 0 Å². The molecule has 0 saturated carbocycles. The predicted octanol–water partition coefficient (Wildman–Crippen LogP) is 2.82. The molecule has 0 aromatic heterocycles. The van der Waals surface area contributed by atoms with E-state index in [9.17, 15) is 0 Å². The first-order valence-electron chi connectivity index (χ1n) is 4.36. The minimum Gasteiger partial charge on any atom is -0.375 e. The topological polar surface area (TPSA) is 9.23 Å². The molecular weight excluding hydrogens is 160 g/mol. The lowest BCUT2D eigenvalue weighted by Crippen LogP contribution is -2.29. The summed E-state index contributed by atoms with van der Waals surface area (Å²) in [6.45, 7) is 6.45. The van der Waals surface area contributed by atoms with Crippen molar-refractivity contribution in [3.63, 3.8) is 0 Å². The van der Waals surface area contributed by atoms with Crippen LogP contribution in [0.25, 0.3) is 0 Å². The third kappa shape index (κ3) is 1.54. The molecule has 11 heavy (non-hydrogen) atoms. The van der Waals surface area contributed by atoms with Gasteiger partial charge >= 0.3 is 0 Å². The van der Waals surface area contributed by atoms with Gasteiger partial charge in [0, 0.05) is 11.3 Å². The van der Waals surface area contributed by atoms with Gasteiger partial charge in [0.2, 0.25) is 0 Å². The van der Waals surface area contributed by atoms with E-state index in [1.165, 1.54) is 0 Å². The Kier molecular flexibility index (Phi) is 2.82. The van der Waals surface area contributed by atoms with Crippen LogP contribution in [0.5, 0.6) is 0 Å². The van der Waals surface area contributed by atoms with E-state index in [2.05, 4.69) is 20.8 Å². The van der Waals surface area contributed by atoms with E-state index in [0.29, 0.717) is 12.2 Å². The van der Waals surface area contributed by atoms with Gasteiger partial charge < -0.3 is 4.74 Å². The number of hydrogen-bond acceptors (Lipinski definition) is 1. The summed E-state index contributed by atoms with van der Waals surface area (Å²) < 4.78 is 5.67. The standard InChI is InChI=1S/C9H17ClO/c1-4-9(6-10)5-7(2)11-8(9)3/h7-8H,4-6H2,1-3H3. The highest BCUT2D eigenvalue weighted by molar-refractivity contribution is 6.18. The van der Waals surface area contributed by atoms with E-state index in [1.54, 1.807) is 0 Å². The molecule has 0 aliphatic carbocycles. The number of alkyl halides is 1. The summed E-state index contributed by atoms with van der Waals surface area (Å²) in [5.74, 6) is 0.731. The molecule has 3 atom stereocenters. The molecular formula is C9H17ClO. The molecule has 1 aliphatic heterocycles. The molecule has 1 nitrogen and oxygen atoms in total. The average molecular weight is 177 g/mol. The quantitative estimate of drug-likeness (QED) is 0.588. The molecule has 1 fully saturated rings. The first-order chi connectivity index (χ1) is 5.14. The highest BCUT2D eigenvalue weighted by Gasteiger charge is 2.42. The molecule has 0 radical (unpaired) electrons. The smallest absolute Gasteiger partial charge is 0.0619 e. The summed E-state index contributed by atoms with van der Waals surface area (Å²) in [5, 5.41) is 0. The summed E-state index contributed by atoms with van der Waals surface area (Å²) in [6.07, 6.45) is 2.97. The van der Waals surface area contributed by atoms with Crippen molar-refractivity contribution in [3.05, 3.63) is 0 Å². The van der Waals surface area contributed by atoms with Gasteiger partial charge in [0.15, 0.2) is 0 Å².